The summed E-state index contributed by atoms with van der Waals surface area (Å²) in [6, 6.07) is 10.6. The Bertz CT molecular complexity index is 1360. The first kappa shape index (κ1) is 25.0. The van der Waals surface area contributed by atoms with Crippen LogP contribution in [0.4, 0.5) is 11.5 Å². The van der Waals surface area contributed by atoms with Crippen molar-refractivity contribution in [1.29, 1.82) is 0 Å². The van der Waals surface area contributed by atoms with Crippen molar-refractivity contribution in [3.05, 3.63) is 74.8 Å². The van der Waals surface area contributed by atoms with Crippen molar-refractivity contribution in [3.63, 3.8) is 0 Å². The zero-order chi connectivity index (χ0) is 26.1. The molecular weight excluding hydrogens is 464 g/mol. The molecule has 1 saturated heterocycles. The van der Waals surface area contributed by atoms with Gasteiger partial charge in [0.05, 0.1) is 0 Å². The van der Waals surface area contributed by atoms with Crippen molar-refractivity contribution in [1.82, 2.24) is 20.6 Å². The van der Waals surface area contributed by atoms with Gasteiger partial charge in [0.2, 0.25) is 0 Å². The van der Waals surface area contributed by atoms with E-state index in [1.807, 2.05) is 32.2 Å². The van der Waals surface area contributed by atoms with E-state index in [-0.39, 0.29) is 18.0 Å². The Balaban J connectivity index is 1.46. The molecule has 3 aromatic rings. The Hall–Kier alpha value is -3.65. The number of nitrogens with one attached hydrogen (secondary N) is 3. The van der Waals surface area contributed by atoms with Gasteiger partial charge in [0.1, 0.15) is 5.82 Å². The molecule has 2 aromatic heterocycles. The number of carbonyl (C=O) groups is 1. The molecule has 0 aliphatic carbocycles. The maximum absolute atomic E-state index is 13.5. The van der Waals surface area contributed by atoms with Crippen LogP contribution in [0.2, 0.25) is 0 Å². The van der Waals surface area contributed by atoms with Crippen LogP contribution >= 0.6 is 0 Å². The van der Waals surface area contributed by atoms with Gasteiger partial charge >= 0.3 is 0 Å². The van der Waals surface area contributed by atoms with Crippen LogP contribution in [0.25, 0.3) is 11.1 Å². The molecule has 1 amide bonds. The summed E-state index contributed by atoms with van der Waals surface area (Å²) in [5.41, 5.74) is 6.92. The molecule has 0 atom stereocenters. The number of aromatic nitrogens is 2. The number of aryl methyl sites for hydroxylation is 2. The number of hydrogen-bond acceptors (Lipinski definition) is 6. The normalized spacial score (nSPS) is 15.3. The van der Waals surface area contributed by atoms with Gasteiger partial charge in [-0.25, -0.2) is 4.98 Å². The number of anilines is 2. The van der Waals surface area contributed by atoms with Gasteiger partial charge in [-0.2, -0.15) is 0 Å². The first-order chi connectivity index (χ1) is 17.8. The smallest absolute Gasteiger partial charge is 0.253 e. The second kappa shape index (κ2) is 10.4. The lowest BCUT2D eigenvalue weighted by molar-refractivity contribution is 0.0950. The summed E-state index contributed by atoms with van der Waals surface area (Å²) < 4.78 is 0. The molecule has 1 fully saturated rings. The largest absolute Gasteiger partial charge is 0.369 e. The Labute approximate surface area is 218 Å². The maximum Gasteiger partial charge on any atom is 0.253 e. The SMILES string of the molecule is Cc1cc(C)c(CNC(=O)c2cc(-c3ccc(N4CCNCC4)nc3)cc3c2CCN3C(C)C)c(=O)[nH]1. The first-order valence-electron chi connectivity index (χ1n) is 13.1. The van der Waals surface area contributed by atoms with Crippen molar-refractivity contribution in [2.75, 3.05) is 42.5 Å². The Morgan fingerprint density at radius 1 is 1.08 bits per heavy atom. The molecular formula is C29H36N6O2. The van der Waals surface area contributed by atoms with Crippen molar-refractivity contribution < 1.29 is 4.79 Å². The standard InChI is InChI=1S/C29H36N6O2/c1-18(2)35-10-7-23-24(28(36)32-17-25-19(3)13-20(4)33-29(25)37)14-22(15-26(23)35)21-5-6-27(31-16-21)34-11-8-30-9-12-34/h5-6,13-16,18,30H,7-12,17H2,1-4H3,(H,32,36)(H,33,37). The predicted octanol–water partition coefficient (Wildman–Crippen LogP) is 3.16. The van der Waals surface area contributed by atoms with E-state index >= 15 is 0 Å². The van der Waals surface area contributed by atoms with Crippen LogP contribution in [-0.4, -0.2) is 54.6 Å². The number of rotatable bonds is 6. The Morgan fingerprint density at radius 3 is 2.54 bits per heavy atom. The van der Waals surface area contributed by atoms with Crippen LogP contribution in [0.3, 0.4) is 0 Å². The Kier molecular flexibility index (Phi) is 7.02. The highest BCUT2D eigenvalue weighted by molar-refractivity contribution is 5.99. The lowest BCUT2D eigenvalue weighted by atomic mass is 9.97. The quantitative estimate of drug-likeness (QED) is 0.482. The molecule has 5 rings (SSSR count). The lowest BCUT2D eigenvalue weighted by Gasteiger charge is -2.28. The molecule has 37 heavy (non-hydrogen) atoms. The minimum absolute atomic E-state index is 0.154. The van der Waals surface area contributed by atoms with E-state index in [2.05, 4.69) is 57.5 Å². The number of aromatic amines is 1. The first-order valence-corrected chi connectivity index (χ1v) is 13.1. The van der Waals surface area contributed by atoms with Gasteiger partial charge in [0.15, 0.2) is 0 Å². The fraction of sp³-hybridized carbons (Fsp3) is 0.414. The third-order valence-electron chi connectivity index (χ3n) is 7.45. The van der Waals surface area contributed by atoms with E-state index in [9.17, 15) is 9.59 Å². The summed E-state index contributed by atoms with van der Waals surface area (Å²) in [6.07, 6.45) is 2.73. The number of fused-ring (bicyclic) bond motifs is 1. The van der Waals surface area contributed by atoms with E-state index in [0.717, 1.165) is 78.6 Å². The summed E-state index contributed by atoms with van der Waals surface area (Å²) in [5.74, 6) is 0.820. The van der Waals surface area contributed by atoms with Crippen molar-refractivity contribution in [2.24, 2.45) is 0 Å². The molecule has 0 unspecified atom stereocenters. The molecule has 0 radical (unpaired) electrons. The topological polar surface area (TPSA) is 93.4 Å². The molecule has 8 nitrogen and oxygen atoms in total. The molecule has 0 spiro atoms. The van der Waals surface area contributed by atoms with Gasteiger partial charge in [-0.05, 0) is 81.1 Å². The van der Waals surface area contributed by atoms with Crippen LogP contribution in [-0.2, 0) is 13.0 Å². The van der Waals surface area contributed by atoms with E-state index in [0.29, 0.717) is 17.2 Å². The highest BCUT2D eigenvalue weighted by Crippen LogP contribution is 2.37. The van der Waals surface area contributed by atoms with Gasteiger partial charge in [-0.3, -0.25) is 9.59 Å². The highest BCUT2D eigenvalue weighted by Gasteiger charge is 2.27. The number of carbonyl (C=O) groups excluding carboxylic acids is 1. The Morgan fingerprint density at radius 2 is 1.86 bits per heavy atom. The molecule has 1 aromatic carbocycles. The zero-order valence-corrected chi connectivity index (χ0v) is 22.1. The molecule has 194 valence electrons. The number of hydrogen-bond donors (Lipinski definition) is 3. The van der Waals surface area contributed by atoms with Crippen molar-refractivity contribution in [2.45, 2.75) is 46.7 Å². The molecule has 4 heterocycles. The van der Waals surface area contributed by atoms with Gasteiger partial charge in [-0.15, -0.1) is 0 Å². The molecule has 0 saturated carbocycles. The van der Waals surface area contributed by atoms with Crippen LogP contribution in [0.15, 0.2) is 41.3 Å². The van der Waals surface area contributed by atoms with E-state index < -0.39 is 0 Å². The third kappa shape index (κ3) is 5.11. The molecule has 0 bridgehead atoms. The minimum atomic E-state index is -0.159. The van der Waals surface area contributed by atoms with E-state index in [1.165, 1.54) is 0 Å². The number of H-pyrrole nitrogens is 1. The predicted molar refractivity (Wildman–Crippen MR) is 149 cm³/mol. The van der Waals surface area contributed by atoms with Crippen molar-refractivity contribution in [3.8, 4) is 11.1 Å². The summed E-state index contributed by atoms with van der Waals surface area (Å²) in [6.45, 7) is 13.0. The van der Waals surface area contributed by atoms with Crippen LogP contribution in [0.5, 0.6) is 0 Å². The number of amides is 1. The molecule has 3 N–H and O–H groups in total. The fourth-order valence-corrected chi connectivity index (χ4v) is 5.44. The third-order valence-corrected chi connectivity index (χ3v) is 7.45. The summed E-state index contributed by atoms with van der Waals surface area (Å²) in [7, 11) is 0. The molecule has 2 aliphatic heterocycles. The highest BCUT2D eigenvalue weighted by atomic mass is 16.1. The summed E-state index contributed by atoms with van der Waals surface area (Å²) >= 11 is 0. The van der Waals surface area contributed by atoms with Gasteiger partial charge < -0.3 is 25.4 Å². The zero-order valence-electron chi connectivity index (χ0n) is 22.1. The summed E-state index contributed by atoms with van der Waals surface area (Å²) in [5, 5.41) is 6.39. The van der Waals surface area contributed by atoms with Gasteiger partial charge in [0.25, 0.3) is 11.5 Å². The maximum atomic E-state index is 13.5. The average Bonchev–Trinajstić information content (AvgIpc) is 3.32. The van der Waals surface area contributed by atoms with Crippen LogP contribution in [0.1, 0.15) is 46.6 Å². The van der Waals surface area contributed by atoms with Gasteiger partial charge in [-0.1, -0.05) is 0 Å². The van der Waals surface area contributed by atoms with Gasteiger partial charge in [0, 0.05) is 79.6 Å². The number of nitrogens with zero attached hydrogens (tertiary/aromatic N) is 3. The summed E-state index contributed by atoms with van der Waals surface area (Å²) in [4.78, 5) is 38.2. The van der Waals surface area contributed by atoms with Crippen molar-refractivity contribution >= 4 is 17.4 Å². The van der Waals surface area contributed by atoms with E-state index in [4.69, 9.17) is 4.98 Å². The molecule has 2 aliphatic rings. The number of piperazine rings is 1. The lowest BCUT2D eigenvalue weighted by Crippen LogP contribution is -2.43. The van der Waals surface area contributed by atoms with Crippen LogP contribution < -0.4 is 26.0 Å². The molecule has 8 heteroatoms. The minimum Gasteiger partial charge on any atom is -0.369 e. The monoisotopic (exact) mass is 500 g/mol. The second-order valence-electron chi connectivity index (χ2n) is 10.3. The number of pyridine rings is 2. The van der Waals surface area contributed by atoms with E-state index in [1.54, 1.807) is 0 Å². The van der Waals surface area contributed by atoms with Crippen LogP contribution in [0, 0.1) is 13.8 Å². The number of benzene rings is 1. The average molecular weight is 501 g/mol. The second-order valence-corrected chi connectivity index (χ2v) is 10.3. The fourth-order valence-electron chi connectivity index (χ4n) is 5.44.